The second kappa shape index (κ2) is 6.81. The van der Waals surface area contributed by atoms with E-state index in [4.69, 9.17) is 5.73 Å². The van der Waals surface area contributed by atoms with Crippen LogP contribution in [0.15, 0.2) is 29.5 Å². The molecule has 2 aromatic rings. The smallest absolute Gasteiger partial charge is 0.189 e. The van der Waals surface area contributed by atoms with Gasteiger partial charge in [0.05, 0.1) is 12.2 Å². The molecule has 5 heteroatoms. The van der Waals surface area contributed by atoms with Crippen molar-refractivity contribution < 1.29 is 0 Å². The molecule has 0 atom stereocenters. The zero-order chi connectivity index (χ0) is 15.4. The molecule has 1 aliphatic carbocycles. The van der Waals surface area contributed by atoms with Crippen LogP contribution in [-0.4, -0.2) is 21.4 Å². The van der Waals surface area contributed by atoms with Crippen molar-refractivity contribution >= 4 is 11.6 Å². The summed E-state index contributed by atoms with van der Waals surface area (Å²) in [5.41, 5.74) is 9.14. The number of rotatable bonds is 3. The number of aryl methyl sites for hydroxylation is 1. The van der Waals surface area contributed by atoms with Crippen molar-refractivity contribution in [1.29, 1.82) is 0 Å². The zero-order valence-electron chi connectivity index (χ0n) is 13.3. The topological polar surface area (TPSA) is 67.7 Å². The molecule has 0 radical (unpaired) electrons. The second-order valence-electron chi connectivity index (χ2n) is 6.24. The highest BCUT2D eigenvalue weighted by Crippen LogP contribution is 2.17. The summed E-state index contributed by atoms with van der Waals surface area (Å²) in [4.78, 5) is 9.02. The first-order valence-corrected chi connectivity index (χ1v) is 8.21. The molecule has 0 spiro atoms. The van der Waals surface area contributed by atoms with Gasteiger partial charge in [0.1, 0.15) is 5.65 Å². The lowest BCUT2D eigenvalue weighted by Gasteiger charge is -2.16. The third kappa shape index (κ3) is 3.78. The number of nitrogens with one attached hydrogen (secondary N) is 1. The van der Waals surface area contributed by atoms with Crippen LogP contribution in [0.3, 0.4) is 0 Å². The SMILES string of the molecule is Cc1ccn2cc(CN=C(N)NC3CCCCCC3)nc2c1. The van der Waals surface area contributed by atoms with Crippen LogP contribution >= 0.6 is 0 Å². The molecule has 1 aliphatic rings. The number of imidazole rings is 1. The average molecular weight is 299 g/mol. The number of fused-ring (bicyclic) bond motifs is 1. The van der Waals surface area contributed by atoms with Gasteiger partial charge in [-0.2, -0.15) is 0 Å². The summed E-state index contributed by atoms with van der Waals surface area (Å²) < 4.78 is 2.02. The molecule has 118 valence electrons. The van der Waals surface area contributed by atoms with Gasteiger partial charge < -0.3 is 15.5 Å². The fraction of sp³-hybridized carbons (Fsp3) is 0.529. The monoisotopic (exact) mass is 299 g/mol. The van der Waals surface area contributed by atoms with E-state index in [-0.39, 0.29) is 0 Å². The molecule has 0 amide bonds. The van der Waals surface area contributed by atoms with Gasteiger partial charge in [-0.1, -0.05) is 25.7 Å². The largest absolute Gasteiger partial charge is 0.370 e. The quantitative estimate of drug-likeness (QED) is 0.520. The first-order valence-electron chi connectivity index (χ1n) is 8.21. The van der Waals surface area contributed by atoms with Gasteiger partial charge in [0, 0.05) is 18.4 Å². The van der Waals surface area contributed by atoms with E-state index in [1.807, 2.05) is 16.8 Å². The molecule has 0 saturated heterocycles. The van der Waals surface area contributed by atoms with Gasteiger partial charge in [-0.05, 0) is 37.5 Å². The van der Waals surface area contributed by atoms with Crippen LogP contribution in [0.5, 0.6) is 0 Å². The van der Waals surface area contributed by atoms with E-state index >= 15 is 0 Å². The summed E-state index contributed by atoms with van der Waals surface area (Å²) in [5, 5.41) is 3.37. The predicted molar refractivity (Wildman–Crippen MR) is 89.9 cm³/mol. The molecule has 2 heterocycles. The molecule has 1 saturated carbocycles. The summed E-state index contributed by atoms with van der Waals surface area (Å²) in [6, 6.07) is 4.62. The Morgan fingerprint density at radius 2 is 2.14 bits per heavy atom. The lowest BCUT2D eigenvalue weighted by Crippen LogP contribution is -2.39. The first kappa shape index (κ1) is 14.9. The third-order valence-electron chi connectivity index (χ3n) is 4.28. The summed E-state index contributed by atoms with van der Waals surface area (Å²) in [7, 11) is 0. The molecule has 0 unspecified atom stereocenters. The van der Waals surface area contributed by atoms with E-state index in [1.54, 1.807) is 0 Å². The Hall–Kier alpha value is -2.04. The van der Waals surface area contributed by atoms with E-state index < -0.39 is 0 Å². The molecule has 1 fully saturated rings. The van der Waals surface area contributed by atoms with Crippen molar-refractivity contribution in [1.82, 2.24) is 14.7 Å². The number of nitrogens with two attached hydrogens (primary N) is 1. The highest BCUT2D eigenvalue weighted by molar-refractivity contribution is 5.78. The zero-order valence-corrected chi connectivity index (χ0v) is 13.3. The molecule has 22 heavy (non-hydrogen) atoms. The van der Waals surface area contributed by atoms with Crippen molar-refractivity contribution in [3.05, 3.63) is 35.8 Å². The minimum Gasteiger partial charge on any atom is -0.370 e. The van der Waals surface area contributed by atoms with E-state index in [0.717, 1.165) is 11.3 Å². The van der Waals surface area contributed by atoms with Gasteiger partial charge in [0.2, 0.25) is 0 Å². The van der Waals surface area contributed by atoms with Gasteiger partial charge >= 0.3 is 0 Å². The Kier molecular flexibility index (Phi) is 4.61. The van der Waals surface area contributed by atoms with Gasteiger partial charge in [0.25, 0.3) is 0 Å². The number of aromatic nitrogens is 2. The summed E-state index contributed by atoms with van der Waals surface area (Å²) >= 11 is 0. The molecular weight excluding hydrogens is 274 g/mol. The fourth-order valence-electron chi connectivity index (χ4n) is 3.06. The summed E-state index contributed by atoms with van der Waals surface area (Å²) in [6.45, 7) is 2.59. The van der Waals surface area contributed by atoms with Crippen LogP contribution in [0.1, 0.15) is 49.8 Å². The predicted octanol–water partition coefficient (Wildman–Crippen LogP) is 2.77. The maximum absolute atomic E-state index is 6.03. The Bertz CT molecular complexity index is 650. The number of hydrogen-bond acceptors (Lipinski definition) is 2. The average Bonchev–Trinajstić information content (AvgIpc) is 2.72. The van der Waals surface area contributed by atoms with Gasteiger partial charge in [-0.25, -0.2) is 9.98 Å². The number of hydrogen-bond donors (Lipinski definition) is 2. The molecule has 3 N–H and O–H groups in total. The minimum absolute atomic E-state index is 0.481. The molecule has 5 nitrogen and oxygen atoms in total. The van der Waals surface area contributed by atoms with Crippen LogP contribution in [0, 0.1) is 6.92 Å². The molecular formula is C17H25N5. The Balaban J connectivity index is 1.61. The van der Waals surface area contributed by atoms with E-state index in [0.29, 0.717) is 18.5 Å². The number of aliphatic imine (C=N–C) groups is 1. The summed E-state index contributed by atoms with van der Waals surface area (Å²) in [6.07, 6.45) is 11.7. The van der Waals surface area contributed by atoms with Crippen LogP contribution in [0.2, 0.25) is 0 Å². The Labute approximate surface area is 131 Å². The maximum atomic E-state index is 6.03. The first-order chi connectivity index (χ1) is 10.7. The number of guanidine groups is 1. The normalized spacial score (nSPS) is 17.6. The number of pyridine rings is 1. The van der Waals surface area contributed by atoms with Crippen molar-refractivity contribution in [3.63, 3.8) is 0 Å². The van der Waals surface area contributed by atoms with Gasteiger partial charge in [-0.15, -0.1) is 0 Å². The van der Waals surface area contributed by atoms with E-state index in [1.165, 1.54) is 44.1 Å². The molecule has 2 aromatic heterocycles. The van der Waals surface area contributed by atoms with Crippen LogP contribution in [0.25, 0.3) is 5.65 Å². The fourth-order valence-corrected chi connectivity index (χ4v) is 3.06. The lowest BCUT2D eigenvalue weighted by atomic mass is 10.1. The van der Waals surface area contributed by atoms with E-state index in [2.05, 4.69) is 34.3 Å². The lowest BCUT2D eigenvalue weighted by molar-refractivity contribution is 0.530. The standard InChI is InChI=1S/C17H25N5/c1-13-8-9-22-12-15(20-16(22)10-13)11-19-17(18)21-14-6-4-2-3-5-7-14/h8-10,12,14H,2-7,11H2,1H3,(H3,18,19,21). The van der Waals surface area contributed by atoms with Crippen LogP contribution < -0.4 is 11.1 Å². The highest BCUT2D eigenvalue weighted by atomic mass is 15.1. The van der Waals surface area contributed by atoms with Crippen molar-refractivity contribution in [3.8, 4) is 0 Å². The van der Waals surface area contributed by atoms with Crippen molar-refractivity contribution in [2.75, 3.05) is 0 Å². The molecule has 3 rings (SSSR count). The van der Waals surface area contributed by atoms with E-state index in [9.17, 15) is 0 Å². The maximum Gasteiger partial charge on any atom is 0.189 e. The van der Waals surface area contributed by atoms with Crippen molar-refractivity contribution in [2.24, 2.45) is 10.7 Å². The second-order valence-corrected chi connectivity index (χ2v) is 6.24. The highest BCUT2D eigenvalue weighted by Gasteiger charge is 2.12. The Morgan fingerprint density at radius 3 is 2.91 bits per heavy atom. The Morgan fingerprint density at radius 1 is 1.36 bits per heavy atom. The molecule has 0 aromatic carbocycles. The minimum atomic E-state index is 0.481. The number of nitrogens with zero attached hydrogens (tertiary/aromatic N) is 3. The summed E-state index contributed by atoms with van der Waals surface area (Å²) in [5.74, 6) is 0.542. The van der Waals surface area contributed by atoms with Gasteiger partial charge in [-0.3, -0.25) is 0 Å². The van der Waals surface area contributed by atoms with Crippen molar-refractivity contribution in [2.45, 2.75) is 58.0 Å². The van der Waals surface area contributed by atoms with Gasteiger partial charge in [0.15, 0.2) is 5.96 Å². The van der Waals surface area contributed by atoms with Crippen LogP contribution in [0.4, 0.5) is 0 Å². The third-order valence-corrected chi connectivity index (χ3v) is 4.28. The molecule has 0 bridgehead atoms. The van der Waals surface area contributed by atoms with Crippen LogP contribution in [-0.2, 0) is 6.54 Å². The molecule has 0 aliphatic heterocycles.